The van der Waals surface area contributed by atoms with Crippen LogP contribution in [0.15, 0.2) is 62.9 Å². The van der Waals surface area contributed by atoms with Crippen molar-refractivity contribution in [1.29, 1.82) is 0 Å². The summed E-state index contributed by atoms with van der Waals surface area (Å²) in [6.45, 7) is 3.64. The molecule has 0 spiro atoms. The molecule has 3 nitrogen and oxygen atoms in total. The molecule has 2 aromatic carbocycles. The fourth-order valence-electron chi connectivity index (χ4n) is 2.36. The van der Waals surface area contributed by atoms with E-state index >= 15 is 0 Å². The molecule has 1 aromatic heterocycles. The van der Waals surface area contributed by atoms with Crippen LogP contribution in [-0.2, 0) is 0 Å². The number of hydrogen-bond donors (Lipinski definition) is 0. The van der Waals surface area contributed by atoms with Gasteiger partial charge in [0.05, 0.1) is 31.5 Å². The van der Waals surface area contributed by atoms with Crippen molar-refractivity contribution < 1.29 is 4.42 Å². The van der Waals surface area contributed by atoms with Gasteiger partial charge in [0.25, 0.3) is 0 Å². The van der Waals surface area contributed by atoms with Gasteiger partial charge >= 0.3 is 0 Å². The molecule has 138 valence electrons. The first-order valence-electron chi connectivity index (χ1n) is 7.96. The van der Waals surface area contributed by atoms with Crippen LogP contribution in [0.2, 0.25) is 20.1 Å². The number of halogens is 4. The molecule has 0 amide bonds. The second-order valence-corrected chi connectivity index (χ2v) is 7.33. The van der Waals surface area contributed by atoms with E-state index in [2.05, 4.69) is 9.98 Å². The topological polar surface area (TPSA) is 37.9 Å². The minimum atomic E-state index is 0.472. The molecular weight excluding hydrogens is 426 g/mol. The minimum Gasteiger partial charge on any atom is -0.454 e. The van der Waals surface area contributed by atoms with Gasteiger partial charge in [0, 0.05) is 0 Å². The average Bonchev–Trinajstić information content (AvgIpc) is 3.12. The van der Waals surface area contributed by atoms with Crippen LogP contribution in [0, 0.1) is 0 Å². The second kappa shape index (κ2) is 8.49. The fourth-order valence-corrected chi connectivity index (χ4v) is 3.33. The van der Waals surface area contributed by atoms with E-state index in [1.54, 1.807) is 36.4 Å². The molecule has 1 heterocycles. The monoisotopic (exact) mass is 438 g/mol. The third-order valence-electron chi connectivity index (χ3n) is 3.75. The Morgan fingerprint density at radius 2 is 0.963 bits per heavy atom. The number of hydrogen-bond acceptors (Lipinski definition) is 3. The third-order valence-corrected chi connectivity index (χ3v) is 4.97. The van der Waals surface area contributed by atoms with Gasteiger partial charge in [-0.25, -0.2) is 9.98 Å². The second-order valence-electron chi connectivity index (χ2n) is 5.70. The maximum absolute atomic E-state index is 6.17. The predicted molar refractivity (Wildman–Crippen MR) is 115 cm³/mol. The van der Waals surface area contributed by atoms with Crippen molar-refractivity contribution in [3.63, 3.8) is 0 Å². The van der Waals surface area contributed by atoms with Gasteiger partial charge in [0.2, 0.25) is 0 Å². The Morgan fingerprint density at radius 3 is 1.30 bits per heavy atom. The summed E-state index contributed by atoms with van der Waals surface area (Å²) >= 11 is 24.7. The highest BCUT2D eigenvalue weighted by atomic mass is 35.5. The summed E-state index contributed by atoms with van der Waals surface area (Å²) in [7, 11) is 0. The number of furan rings is 1. The Bertz CT molecular complexity index is 931. The van der Waals surface area contributed by atoms with Crippen molar-refractivity contribution in [2.75, 3.05) is 0 Å². The van der Waals surface area contributed by atoms with Gasteiger partial charge in [-0.2, -0.15) is 0 Å². The summed E-state index contributed by atoms with van der Waals surface area (Å²) < 4.78 is 5.88. The molecule has 27 heavy (non-hydrogen) atoms. The van der Waals surface area contributed by atoms with Gasteiger partial charge in [0.1, 0.15) is 22.9 Å². The van der Waals surface area contributed by atoms with Crippen LogP contribution >= 0.6 is 46.4 Å². The maximum atomic E-state index is 6.17. The Balaban J connectivity index is 1.92. The Morgan fingerprint density at radius 1 is 0.630 bits per heavy atom. The molecule has 0 fully saturated rings. The summed E-state index contributed by atoms with van der Waals surface area (Å²) in [5.41, 5.74) is 2.29. The van der Waals surface area contributed by atoms with E-state index < -0.39 is 0 Å². The summed E-state index contributed by atoms with van der Waals surface area (Å²) in [5.74, 6) is 1.17. The zero-order valence-electron chi connectivity index (χ0n) is 14.4. The van der Waals surface area contributed by atoms with Crippen molar-refractivity contribution in [1.82, 2.24) is 0 Å². The van der Waals surface area contributed by atoms with E-state index in [-0.39, 0.29) is 0 Å². The number of benzene rings is 2. The van der Waals surface area contributed by atoms with Crippen LogP contribution in [-0.4, -0.2) is 11.4 Å². The molecule has 0 saturated carbocycles. The van der Waals surface area contributed by atoms with Crippen molar-refractivity contribution >= 4 is 69.2 Å². The number of nitrogens with zero attached hydrogens (tertiary/aromatic N) is 2. The molecule has 0 radical (unpaired) electrons. The molecule has 0 aliphatic rings. The van der Waals surface area contributed by atoms with Crippen molar-refractivity contribution in [2.24, 2.45) is 9.98 Å². The normalized spacial score (nSPS) is 12.5. The van der Waals surface area contributed by atoms with Crippen LogP contribution in [0.4, 0.5) is 11.4 Å². The van der Waals surface area contributed by atoms with Crippen LogP contribution in [0.25, 0.3) is 0 Å². The zero-order valence-corrected chi connectivity index (χ0v) is 17.5. The minimum absolute atomic E-state index is 0.472. The van der Waals surface area contributed by atoms with Crippen molar-refractivity contribution in [3.8, 4) is 0 Å². The smallest absolute Gasteiger partial charge is 0.148 e. The van der Waals surface area contributed by atoms with E-state index in [9.17, 15) is 0 Å². The zero-order chi connectivity index (χ0) is 19.6. The Kier molecular flexibility index (Phi) is 6.28. The first-order valence-corrected chi connectivity index (χ1v) is 9.47. The highest BCUT2D eigenvalue weighted by Gasteiger charge is 2.12. The summed E-state index contributed by atoms with van der Waals surface area (Å²) in [4.78, 5) is 8.98. The molecule has 0 aliphatic carbocycles. The first-order chi connectivity index (χ1) is 12.9. The molecule has 0 atom stereocenters. The molecule has 0 bridgehead atoms. The van der Waals surface area contributed by atoms with Crippen LogP contribution in [0.5, 0.6) is 0 Å². The molecule has 0 N–H and O–H groups in total. The Labute approximate surface area is 177 Å². The molecule has 0 saturated heterocycles. The van der Waals surface area contributed by atoms with Gasteiger partial charge in [-0.3, -0.25) is 0 Å². The van der Waals surface area contributed by atoms with Crippen LogP contribution in [0.1, 0.15) is 25.4 Å². The van der Waals surface area contributed by atoms with E-state index in [1.807, 2.05) is 26.0 Å². The SMILES string of the molecule is CC(=Nc1c(Cl)cccc1Cl)c1ccc(C(C)=Nc2c(Cl)cccc2Cl)o1. The maximum Gasteiger partial charge on any atom is 0.148 e. The average molecular weight is 440 g/mol. The number of para-hydroxylation sites is 2. The molecule has 0 unspecified atom stereocenters. The summed E-state index contributed by atoms with van der Waals surface area (Å²) in [6.07, 6.45) is 0. The lowest BCUT2D eigenvalue weighted by Gasteiger charge is -2.04. The first kappa shape index (κ1) is 20.0. The van der Waals surface area contributed by atoms with E-state index in [1.165, 1.54) is 0 Å². The number of aliphatic imine (C=N–C) groups is 2. The quantitative estimate of drug-likeness (QED) is 0.377. The summed E-state index contributed by atoms with van der Waals surface area (Å²) in [6, 6.07) is 14.1. The lowest BCUT2D eigenvalue weighted by Crippen LogP contribution is -1.94. The van der Waals surface area contributed by atoms with Crippen molar-refractivity contribution in [2.45, 2.75) is 13.8 Å². The lowest BCUT2D eigenvalue weighted by atomic mass is 10.2. The molecule has 0 aliphatic heterocycles. The molecular formula is C20H14Cl4N2O. The predicted octanol–water partition coefficient (Wildman–Crippen LogP) is 8.17. The van der Waals surface area contributed by atoms with Crippen LogP contribution < -0.4 is 0 Å². The van der Waals surface area contributed by atoms with E-state index in [0.29, 0.717) is 54.4 Å². The molecule has 3 rings (SSSR count). The number of rotatable bonds is 4. The highest BCUT2D eigenvalue weighted by Crippen LogP contribution is 2.34. The highest BCUT2D eigenvalue weighted by molar-refractivity contribution is 6.39. The fraction of sp³-hybridized carbons (Fsp3) is 0.100. The van der Waals surface area contributed by atoms with Gasteiger partial charge in [0.15, 0.2) is 0 Å². The van der Waals surface area contributed by atoms with Gasteiger partial charge in [-0.15, -0.1) is 0 Å². The van der Waals surface area contributed by atoms with Gasteiger partial charge in [-0.05, 0) is 50.2 Å². The van der Waals surface area contributed by atoms with Crippen LogP contribution in [0.3, 0.4) is 0 Å². The van der Waals surface area contributed by atoms with Gasteiger partial charge < -0.3 is 4.42 Å². The van der Waals surface area contributed by atoms with E-state index in [4.69, 9.17) is 50.8 Å². The largest absolute Gasteiger partial charge is 0.454 e. The lowest BCUT2D eigenvalue weighted by molar-refractivity contribution is 0.548. The van der Waals surface area contributed by atoms with Gasteiger partial charge in [-0.1, -0.05) is 58.5 Å². The third kappa shape index (κ3) is 4.56. The standard InChI is InChI=1S/C20H14Cl4N2O/c1-11(25-19-13(21)5-3-6-14(19)22)17-9-10-18(27-17)12(2)26-20-15(23)7-4-8-16(20)24/h3-10H,1-2H3. The van der Waals surface area contributed by atoms with Crippen molar-refractivity contribution in [3.05, 3.63) is 80.1 Å². The molecule has 3 aromatic rings. The molecule has 7 heteroatoms. The Hall–Kier alpha value is -1.78. The summed E-state index contributed by atoms with van der Waals surface area (Å²) in [5, 5.41) is 1.89. The van der Waals surface area contributed by atoms with E-state index in [0.717, 1.165) is 0 Å².